The van der Waals surface area contributed by atoms with Crippen molar-refractivity contribution in [2.75, 3.05) is 5.75 Å². The molecule has 0 amide bonds. The lowest BCUT2D eigenvalue weighted by molar-refractivity contribution is -0.123. The van der Waals surface area contributed by atoms with E-state index in [1.54, 1.807) is 6.20 Å². The van der Waals surface area contributed by atoms with Crippen LogP contribution in [0.4, 0.5) is 0 Å². The van der Waals surface area contributed by atoms with Crippen LogP contribution in [0.25, 0.3) is 5.69 Å². The molecule has 2 rings (SSSR count). The maximum Gasteiger partial charge on any atom is 0.173 e. The highest BCUT2D eigenvalue weighted by Gasteiger charge is 2.21. The van der Waals surface area contributed by atoms with Crippen molar-refractivity contribution in [1.29, 1.82) is 0 Å². The summed E-state index contributed by atoms with van der Waals surface area (Å²) in [6.45, 7) is 7.91. The molecule has 0 fully saturated rings. The lowest BCUT2D eigenvalue weighted by atomic mass is 9.92. The number of hydrogen-bond acceptors (Lipinski definition) is 3. The van der Waals surface area contributed by atoms with Crippen LogP contribution in [0.1, 0.15) is 26.3 Å². The zero-order valence-electron chi connectivity index (χ0n) is 12.4. The van der Waals surface area contributed by atoms with Crippen LogP contribution in [0.3, 0.4) is 0 Å². The van der Waals surface area contributed by atoms with Gasteiger partial charge in [0, 0.05) is 23.5 Å². The minimum atomic E-state index is -0.298. The van der Waals surface area contributed by atoms with E-state index in [1.165, 1.54) is 17.3 Å². The topological polar surface area (TPSA) is 34.9 Å². The van der Waals surface area contributed by atoms with Gasteiger partial charge in [0.2, 0.25) is 0 Å². The zero-order chi connectivity index (χ0) is 14.8. The molecule has 0 N–H and O–H groups in total. The second-order valence-corrected chi connectivity index (χ2v) is 6.82. The van der Waals surface area contributed by atoms with Gasteiger partial charge in [-0.1, -0.05) is 44.7 Å². The number of Topliss-reactive ketones (excluding diaryl/α,β-unsaturated/α-hetero) is 1. The molecule has 0 saturated heterocycles. The van der Waals surface area contributed by atoms with Crippen LogP contribution in [0.5, 0.6) is 0 Å². The molecule has 2 aromatic rings. The number of nitrogens with zero attached hydrogens (tertiary/aromatic N) is 2. The van der Waals surface area contributed by atoms with Gasteiger partial charge < -0.3 is 0 Å². The van der Waals surface area contributed by atoms with Crippen LogP contribution in [0.2, 0.25) is 0 Å². The van der Waals surface area contributed by atoms with Crippen molar-refractivity contribution in [2.24, 2.45) is 5.41 Å². The van der Waals surface area contributed by atoms with Crippen molar-refractivity contribution < 1.29 is 4.79 Å². The number of benzene rings is 1. The van der Waals surface area contributed by atoms with Crippen LogP contribution in [-0.4, -0.2) is 21.1 Å². The first kappa shape index (κ1) is 14.9. The summed E-state index contributed by atoms with van der Waals surface area (Å²) in [5.41, 5.74) is 1.99. The molecule has 0 unspecified atom stereocenters. The van der Waals surface area contributed by atoms with Gasteiger partial charge in [0.1, 0.15) is 5.78 Å². The van der Waals surface area contributed by atoms with Crippen molar-refractivity contribution in [2.45, 2.75) is 32.9 Å². The number of ketones is 1. The third kappa shape index (κ3) is 3.51. The van der Waals surface area contributed by atoms with Crippen molar-refractivity contribution in [1.82, 2.24) is 9.55 Å². The number of hydrogen-bond donors (Lipinski definition) is 0. The molecule has 0 saturated carbocycles. The summed E-state index contributed by atoms with van der Waals surface area (Å²) in [5, 5.41) is 0.855. The first-order valence-electron chi connectivity index (χ1n) is 6.64. The number of carbonyl (C=O) groups excluding carboxylic acids is 1. The van der Waals surface area contributed by atoms with Crippen LogP contribution in [-0.2, 0) is 4.79 Å². The molecular formula is C16H20N2OS. The van der Waals surface area contributed by atoms with Crippen molar-refractivity contribution in [3.8, 4) is 5.69 Å². The summed E-state index contributed by atoms with van der Waals surface area (Å²) >= 11 is 1.49. The molecule has 3 nitrogen and oxygen atoms in total. The van der Waals surface area contributed by atoms with Crippen LogP contribution >= 0.6 is 11.8 Å². The summed E-state index contributed by atoms with van der Waals surface area (Å²) in [7, 11) is 0. The molecule has 0 radical (unpaired) electrons. The van der Waals surface area contributed by atoms with Gasteiger partial charge in [-0.2, -0.15) is 0 Å². The van der Waals surface area contributed by atoms with E-state index >= 15 is 0 Å². The molecule has 0 aliphatic carbocycles. The molecular weight excluding hydrogens is 268 g/mol. The van der Waals surface area contributed by atoms with Gasteiger partial charge in [0.05, 0.1) is 5.75 Å². The highest BCUT2D eigenvalue weighted by molar-refractivity contribution is 7.99. The van der Waals surface area contributed by atoms with Gasteiger partial charge in [-0.25, -0.2) is 4.98 Å². The number of aryl methyl sites for hydroxylation is 1. The Morgan fingerprint density at radius 1 is 1.35 bits per heavy atom. The lowest BCUT2D eigenvalue weighted by Crippen LogP contribution is -2.22. The van der Waals surface area contributed by atoms with Crippen LogP contribution < -0.4 is 0 Å². The molecule has 0 bridgehead atoms. The van der Waals surface area contributed by atoms with Gasteiger partial charge >= 0.3 is 0 Å². The zero-order valence-corrected chi connectivity index (χ0v) is 13.2. The quantitative estimate of drug-likeness (QED) is 0.801. The fraction of sp³-hybridized carbons (Fsp3) is 0.375. The first-order valence-corrected chi connectivity index (χ1v) is 7.63. The smallest absolute Gasteiger partial charge is 0.173 e. The van der Waals surface area contributed by atoms with E-state index in [-0.39, 0.29) is 11.2 Å². The number of imidazole rings is 1. The highest BCUT2D eigenvalue weighted by atomic mass is 32.2. The van der Waals surface area contributed by atoms with Gasteiger partial charge in [0.25, 0.3) is 0 Å². The van der Waals surface area contributed by atoms with Crippen molar-refractivity contribution >= 4 is 17.5 Å². The Hall–Kier alpha value is -1.55. The molecule has 1 aromatic heterocycles. The van der Waals surface area contributed by atoms with Gasteiger partial charge in [-0.15, -0.1) is 0 Å². The Morgan fingerprint density at radius 2 is 2.10 bits per heavy atom. The summed E-state index contributed by atoms with van der Waals surface area (Å²) in [5.74, 6) is 0.688. The first-order chi connectivity index (χ1) is 9.38. The Labute approximate surface area is 124 Å². The maximum atomic E-state index is 12.0. The predicted molar refractivity (Wildman–Crippen MR) is 83.5 cm³/mol. The number of thioether (sulfide) groups is 1. The number of carbonyl (C=O) groups is 1. The summed E-state index contributed by atoms with van der Waals surface area (Å²) in [6, 6.07) is 8.25. The Balaban J connectivity index is 2.16. The third-order valence-corrected chi connectivity index (χ3v) is 4.02. The standard InChI is InChI=1S/C16H20N2OS/c1-12-6-5-7-13(10-12)18-9-8-17-15(18)20-11-14(19)16(2,3)4/h5-10H,11H2,1-4H3. The largest absolute Gasteiger partial charge is 0.298 e. The van der Waals surface area contributed by atoms with Crippen LogP contribution in [0.15, 0.2) is 41.8 Å². The van der Waals surface area contributed by atoms with Gasteiger partial charge in [-0.05, 0) is 24.6 Å². The summed E-state index contributed by atoms with van der Waals surface area (Å²) < 4.78 is 2.02. The molecule has 0 aliphatic rings. The van der Waals surface area contributed by atoms with E-state index in [2.05, 4.69) is 24.0 Å². The van der Waals surface area contributed by atoms with Gasteiger partial charge in [0.15, 0.2) is 5.16 Å². The SMILES string of the molecule is Cc1cccc(-n2ccnc2SCC(=O)C(C)(C)C)c1. The third-order valence-electron chi connectivity index (χ3n) is 3.06. The van der Waals surface area contributed by atoms with Crippen LogP contribution in [0, 0.1) is 12.3 Å². The van der Waals surface area contributed by atoms with E-state index in [0.717, 1.165) is 10.8 Å². The molecule has 20 heavy (non-hydrogen) atoms. The number of rotatable bonds is 4. The Kier molecular flexibility index (Phi) is 4.33. The molecule has 106 valence electrons. The number of aromatic nitrogens is 2. The van der Waals surface area contributed by atoms with E-state index in [4.69, 9.17) is 0 Å². The monoisotopic (exact) mass is 288 g/mol. The molecule has 1 aromatic carbocycles. The summed E-state index contributed by atoms with van der Waals surface area (Å²) in [4.78, 5) is 16.4. The van der Waals surface area contributed by atoms with Gasteiger partial charge in [-0.3, -0.25) is 9.36 Å². The van der Waals surface area contributed by atoms with Crippen molar-refractivity contribution in [3.05, 3.63) is 42.2 Å². The fourth-order valence-electron chi connectivity index (χ4n) is 1.72. The van der Waals surface area contributed by atoms with E-state index in [9.17, 15) is 4.79 Å². The summed E-state index contributed by atoms with van der Waals surface area (Å²) in [6.07, 6.45) is 3.70. The normalized spacial score (nSPS) is 11.6. The average molecular weight is 288 g/mol. The Bertz CT molecular complexity index is 611. The highest BCUT2D eigenvalue weighted by Crippen LogP contribution is 2.24. The minimum absolute atomic E-state index is 0.237. The minimum Gasteiger partial charge on any atom is -0.298 e. The Morgan fingerprint density at radius 3 is 2.75 bits per heavy atom. The molecule has 4 heteroatoms. The molecule has 1 heterocycles. The van der Waals surface area contributed by atoms with E-state index < -0.39 is 0 Å². The average Bonchev–Trinajstić information content (AvgIpc) is 2.83. The predicted octanol–water partition coefficient (Wildman–Crippen LogP) is 3.89. The fourth-order valence-corrected chi connectivity index (χ4v) is 2.85. The van der Waals surface area contributed by atoms with E-state index in [0.29, 0.717) is 5.75 Å². The molecule has 0 spiro atoms. The molecule has 0 aliphatic heterocycles. The lowest BCUT2D eigenvalue weighted by Gasteiger charge is -2.16. The maximum absolute atomic E-state index is 12.0. The second-order valence-electron chi connectivity index (χ2n) is 5.88. The molecule has 0 atom stereocenters. The van der Waals surface area contributed by atoms with E-state index in [1.807, 2.05) is 43.7 Å². The van der Waals surface area contributed by atoms with Crippen molar-refractivity contribution in [3.63, 3.8) is 0 Å². The second kappa shape index (κ2) is 5.83.